The molecular formula is C11H15IN2O. The molecule has 0 amide bonds. The molecule has 0 bridgehead atoms. The van der Waals surface area contributed by atoms with Gasteiger partial charge in [0.15, 0.2) is 0 Å². The lowest BCUT2D eigenvalue weighted by molar-refractivity contribution is 0.136. The van der Waals surface area contributed by atoms with E-state index in [0.29, 0.717) is 12.0 Å². The van der Waals surface area contributed by atoms with Crippen molar-refractivity contribution in [3.05, 3.63) is 18.6 Å². The van der Waals surface area contributed by atoms with Crippen LogP contribution in [-0.4, -0.2) is 20.0 Å². The van der Waals surface area contributed by atoms with Crippen molar-refractivity contribution in [2.75, 3.05) is 0 Å². The van der Waals surface area contributed by atoms with Crippen molar-refractivity contribution in [3.8, 4) is 5.88 Å². The topological polar surface area (TPSA) is 35.0 Å². The van der Waals surface area contributed by atoms with Gasteiger partial charge in [0, 0.05) is 16.3 Å². The normalized spacial score (nSPS) is 31.2. The summed E-state index contributed by atoms with van der Waals surface area (Å²) in [5, 5.41) is 0. The molecule has 0 aromatic carbocycles. The Labute approximate surface area is 104 Å². The first-order chi connectivity index (χ1) is 7.25. The molecule has 82 valence electrons. The summed E-state index contributed by atoms with van der Waals surface area (Å²) < 4.78 is 6.52. The largest absolute Gasteiger partial charge is 0.473 e. The van der Waals surface area contributed by atoms with Crippen molar-refractivity contribution in [1.82, 2.24) is 9.97 Å². The molecule has 0 saturated heterocycles. The molecule has 1 aromatic rings. The highest BCUT2D eigenvalue weighted by atomic mass is 127. The van der Waals surface area contributed by atoms with Crippen LogP contribution in [0.1, 0.15) is 26.2 Å². The summed E-state index contributed by atoms with van der Waals surface area (Å²) in [5.41, 5.74) is 0. The van der Waals surface area contributed by atoms with Crippen LogP contribution in [0.3, 0.4) is 0 Å². The van der Waals surface area contributed by atoms with Gasteiger partial charge in [0.2, 0.25) is 5.88 Å². The number of alkyl halides is 1. The molecule has 1 aliphatic rings. The van der Waals surface area contributed by atoms with Gasteiger partial charge in [-0.25, -0.2) is 4.98 Å². The zero-order valence-electron chi connectivity index (χ0n) is 8.77. The van der Waals surface area contributed by atoms with E-state index in [1.54, 1.807) is 18.6 Å². The average molecular weight is 318 g/mol. The molecule has 1 fully saturated rings. The molecular weight excluding hydrogens is 303 g/mol. The van der Waals surface area contributed by atoms with Gasteiger partial charge in [0.25, 0.3) is 0 Å². The second-order valence-electron chi connectivity index (χ2n) is 4.09. The van der Waals surface area contributed by atoms with Gasteiger partial charge in [-0.05, 0) is 25.2 Å². The fourth-order valence-corrected chi connectivity index (χ4v) is 2.78. The minimum atomic E-state index is 0.319. The molecule has 1 aliphatic carbocycles. The van der Waals surface area contributed by atoms with E-state index in [4.69, 9.17) is 4.74 Å². The standard InChI is InChI=1S/C11H15IN2O/c1-8-2-3-9(6-10(8)12)15-11-7-13-4-5-14-11/h4-5,7-10H,2-3,6H2,1H3/t8-,9-,10?/m0/s1. The summed E-state index contributed by atoms with van der Waals surface area (Å²) in [6.07, 6.45) is 8.84. The third-order valence-electron chi connectivity index (χ3n) is 2.88. The maximum absolute atomic E-state index is 5.80. The Bertz CT molecular complexity index is 307. The predicted octanol–water partition coefficient (Wildman–Crippen LogP) is 2.85. The van der Waals surface area contributed by atoms with E-state index >= 15 is 0 Å². The number of ether oxygens (including phenoxy) is 1. The van der Waals surface area contributed by atoms with Crippen molar-refractivity contribution in [2.24, 2.45) is 5.92 Å². The molecule has 3 nitrogen and oxygen atoms in total. The van der Waals surface area contributed by atoms with Gasteiger partial charge in [-0.3, -0.25) is 4.98 Å². The van der Waals surface area contributed by atoms with E-state index < -0.39 is 0 Å². The number of aromatic nitrogens is 2. The molecule has 1 heterocycles. The van der Waals surface area contributed by atoms with Crippen molar-refractivity contribution < 1.29 is 4.74 Å². The molecule has 3 atom stereocenters. The third-order valence-corrected chi connectivity index (χ3v) is 4.61. The Hall–Kier alpha value is -0.390. The first kappa shape index (κ1) is 11.1. The van der Waals surface area contributed by atoms with Gasteiger partial charge in [0.05, 0.1) is 6.20 Å². The van der Waals surface area contributed by atoms with E-state index in [-0.39, 0.29) is 0 Å². The lowest BCUT2D eigenvalue weighted by atomic mass is 9.89. The highest BCUT2D eigenvalue weighted by Crippen LogP contribution is 2.31. The Balaban J connectivity index is 1.91. The van der Waals surface area contributed by atoms with Gasteiger partial charge >= 0.3 is 0 Å². The summed E-state index contributed by atoms with van der Waals surface area (Å²) in [6.45, 7) is 2.32. The van der Waals surface area contributed by atoms with Crippen molar-refractivity contribution in [2.45, 2.75) is 36.2 Å². The smallest absolute Gasteiger partial charge is 0.232 e. The number of nitrogens with zero attached hydrogens (tertiary/aromatic N) is 2. The highest BCUT2D eigenvalue weighted by Gasteiger charge is 2.27. The second-order valence-corrected chi connectivity index (χ2v) is 5.69. The van der Waals surface area contributed by atoms with Gasteiger partial charge in [0.1, 0.15) is 6.10 Å². The lowest BCUT2D eigenvalue weighted by Gasteiger charge is -2.30. The van der Waals surface area contributed by atoms with Crippen molar-refractivity contribution >= 4 is 22.6 Å². The number of hydrogen-bond acceptors (Lipinski definition) is 3. The van der Waals surface area contributed by atoms with E-state index in [2.05, 4.69) is 39.5 Å². The average Bonchev–Trinajstić information content (AvgIpc) is 2.25. The summed E-state index contributed by atoms with van der Waals surface area (Å²) in [5.74, 6) is 1.47. The quantitative estimate of drug-likeness (QED) is 0.621. The van der Waals surface area contributed by atoms with Crippen LogP contribution in [0.5, 0.6) is 5.88 Å². The SMILES string of the molecule is C[C@H]1CC[C@H](Oc2cnccn2)CC1I. The monoisotopic (exact) mass is 318 g/mol. The first-order valence-electron chi connectivity index (χ1n) is 5.32. The van der Waals surface area contributed by atoms with Crippen LogP contribution < -0.4 is 4.74 Å². The Kier molecular flexibility index (Phi) is 3.77. The fourth-order valence-electron chi connectivity index (χ4n) is 1.86. The van der Waals surface area contributed by atoms with Gasteiger partial charge in [-0.15, -0.1) is 0 Å². The molecule has 4 heteroatoms. The minimum Gasteiger partial charge on any atom is -0.473 e. The number of halogens is 1. The number of rotatable bonds is 2. The third kappa shape index (κ3) is 3.03. The van der Waals surface area contributed by atoms with Crippen LogP contribution in [0.15, 0.2) is 18.6 Å². The zero-order valence-corrected chi connectivity index (χ0v) is 10.9. The summed E-state index contributed by atoms with van der Waals surface area (Å²) >= 11 is 2.52. The molecule has 0 N–H and O–H groups in total. The maximum Gasteiger partial charge on any atom is 0.232 e. The van der Waals surface area contributed by atoms with Crippen LogP contribution >= 0.6 is 22.6 Å². The van der Waals surface area contributed by atoms with Crippen LogP contribution in [0.4, 0.5) is 0 Å². The van der Waals surface area contributed by atoms with Crippen LogP contribution in [0.25, 0.3) is 0 Å². The minimum absolute atomic E-state index is 0.319. The summed E-state index contributed by atoms with van der Waals surface area (Å²) in [7, 11) is 0. The molecule has 1 unspecified atom stereocenters. The van der Waals surface area contributed by atoms with Crippen LogP contribution in [-0.2, 0) is 0 Å². The zero-order chi connectivity index (χ0) is 10.7. The summed E-state index contributed by atoms with van der Waals surface area (Å²) in [6, 6.07) is 0. The fraction of sp³-hybridized carbons (Fsp3) is 0.636. The van der Waals surface area contributed by atoms with E-state index in [9.17, 15) is 0 Å². The number of hydrogen-bond donors (Lipinski definition) is 0. The Morgan fingerprint density at radius 2 is 2.27 bits per heavy atom. The predicted molar refractivity (Wildman–Crippen MR) is 67.3 cm³/mol. The summed E-state index contributed by atoms with van der Waals surface area (Å²) in [4.78, 5) is 8.12. The molecule has 0 radical (unpaired) electrons. The highest BCUT2D eigenvalue weighted by molar-refractivity contribution is 14.1. The molecule has 0 spiro atoms. The second kappa shape index (κ2) is 5.09. The molecule has 1 saturated carbocycles. The van der Waals surface area contributed by atoms with Gasteiger partial charge in [-0.1, -0.05) is 29.5 Å². The maximum atomic E-state index is 5.80. The molecule has 1 aromatic heterocycles. The van der Waals surface area contributed by atoms with E-state index in [0.717, 1.165) is 22.7 Å². The van der Waals surface area contributed by atoms with Crippen molar-refractivity contribution in [3.63, 3.8) is 0 Å². The first-order valence-corrected chi connectivity index (χ1v) is 6.57. The van der Waals surface area contributed by atoms with E-state index in [1.165, 1.54) is 6.42 Å². The van der Waals surface area contributed by atoms with Gasteiger partial charge < -0.3 is 4.74 Å². The lowest BCUT2D eigenvalue weighted by Crippen LogP contribution is -2.30. The molecule has 0 aliphatic heterocycles. The van der Waals surface area contributed by atoms with E-state index in [1.807, 2.05) is 0 Å². The Morgan fingerprint density at radius 1 is 1.40 bits per heavy atom. The molecule has 15 heavy (non-hydrogen) atoms. The van der Waals surface area contributed by atoms with Crippen molar-refractivity contribution in [1.29, 1.82) is 0 Å². The van der Waals surface area contributed by atoms with Crippen LogP contribution in [0, 0.1) is 5.92 Å². The Morgan fingerprint density at radius 3 is 2.93 bits per heavy atom. The van der Waals surface area contributed by atoms with Gasteiger partial charge in [-0.2, -0.15) is 0 Å². The molecule has 2 rings (SSSR count). The van der Waals surface area contributed by atoms with Crippen LogP contribution in [0.2, 0.25) is 0 Å².